The van der Waals surface area contributed by atoms with Crippen molar-refractivity contribution in [3.8, 4) is 11.5 Å². The van der Waals surface area contributed by atoms with Crippen molar-refractivity contribution in [3.05, 3.63) is 58.7 Å². The molecule has 0 atom stereocenters. The molecule has 4 heteroatoms. The molecule has 0 saturated carbocycles. The first kappa shape index (κ1) is 16.7. The lowest BCUT2D eigenvalue weighted by molar-refractivity contribution is 0.0981. The van der Waals surface area contributed by atoms with Gasteiger partial charge >= 0.3 is 0 Å². The minimum atomic E-state index is -0.203. The Kier molecular flexibility index (Phi) is 5.16. The first-order chi connectivity index (χ1) is 10.9. The number of ether oxygens (including phenoxy) is 1. The van der Waals surface area contributed by atoms with Crippen molar-refractivity contribution in [3.63, 3.8) is 0 Å². The third kappa shape index (κ3) is 3.77. The number of phenols is 1. The number of ketones is 2. The summed E-state index contributed by atoms with van der Waals surface area (Å²) in [6.07, 6.45) is 0.410. The van der Waals surface area contributed by atoms with E-state index in [9.17, 15) is 14.7 Å². The van der Waals surface area contributed by atoms with Crippen LogP contribution in [0, 0.1) is 6.92 Å². The van der Waals surface area contributed by atoms with E-state index < -0.39 is 0 Å². The first-order valence-corrected chi connectivity index (χ1v) is 7.52. The molecule has 0 heterocycles. The second-order valence-corrected chi connectivity index (χ2v) is 5.41. The minimum Gasteiger partial charge on any atom is -0.507 e. The van der Waals surface area contributed by atoms with Crippen LogP contribution in [0.3, 0.4) is 0 Å². The van der Waals surface area contributed by atoms with Crippen LogP contribution < -0.4 is 4.74 Å². The van der Waals surface area contributed by atoms with E-state index in [2.05, 4.69) is 0 Å². The molecule has 0 aliphatic rings. The molecular formula is C19H20O4. The number of para-hydroxylation sites is 1. The lowest BCUT2D eigenvalue weighted by Gasteiger charge is -2.13. The highest BCUT2D eigenvalue weighted by Gasteiger charge is 2.13. The van der Waals surface area contributed by atoms with Gasteiger partial charge in [-0.05, 0) is 49.2 Å². The fourth-order valence-electron chi connectivity index (χ4n) is 2.34. The number of benzene rings is 2. The van der Waals surface area contributed by atoms with Crippen molar-refractivity contribution in [1.29, 1.82) is 0 Å². The number of hydrogen-bond donors (Lipinski definition) is 1. The summed E-state index contributed by atoms with van der Waals surface area (Å²) in [6.45, 7) is 5.28. The predicted octanol–water partition coefficient (Wildman–Crippen LogP) is 4.07. The molecule has 0 spiro atoms. The Labute approximate surface area is 135 Å². The van der Waals surface area contributed by atoms with Crippen LogP contribution >= 0.6 is 0 Å². The molecule has 2 rings (SSSR count). The van der Waals surface area contributed by atoms with Crippen molar-refractivity contribution >= 4 is 11.6 Å². The average molecular weight is 312 g/mol. The van der Waals surface area contributed by atoms with E-state index in [1.165, 1.54) is 6.92 Å². The van der Waals surface area contributed by atoms with Crippen LogP contribution in [0.4, 0.5) is 0 Å². The van der Waals surface area contributed by atoms with Gasteiger partial charge in [0, 0.05) is 6.42 Å². The Morgan fingerprint density at radius 3 is 2.48 bits per heavy atom. The van der Waals surface area contributed by atoms with Crippen LogP contribution in [0.1, 0.15) is 52.1 Å². The molecule has 0 bridgehead atoms. The molecule has 0 aromatic heterocycles. The number of hydrogen-bond acceptors (Lipinski definition) is 4. The van der Waals surface area contributed by atoms with Gasteiger partial charge in [0.05, 0.1) is 11.1 Å². The van der Waals surface area contributed by atoms with Gasteiger partial charge in [0.15, 0.2) is 11.6 Å². The predicted molar refractivity (Wildman–Crippen MR) is 88.2 cm³/mol. The quantitative estimate of drug-likeness (QED) is 0.816. The van der Waals surface area contributed by atoms with E-state index in [1.54, 1.807) is 30.3 Å². The number of rotatable bonds is 6. The maximum Gasteiger partial charge on any atom is 0.166 e. The van der Waals surface area contributed by atoms with Gasteiger partial charge in [0.1, 0.15) is 18.1 Å². The molecule has 4 nitrogen and oxygen atoms in total. The van der Waals surface area contributed by atoms with Crippen LogP contribution in [0.2, 0.25) is 0 Å². The number of aromatic hydroxyl groups is 1. The average Bonchev–Trinajstić information content (AvgIpc) is 2.53. The van der Waals surface area contributed by atoms with Gasteiger partial charge in [-0.2, -0.15) is 0 Å². The molecule has 2 aromatic rings. The summed E-state index contributed by atoms with van der Waals surface area (Å²) in [7, 11) is 0. The van der Waals surface area contributed by atoms with E-state index in [1.807, 2.05) is 19.9 Å². The second-order valence-electron chi connectivity index (χ2n) is 5.41. The smallest absolute Gasteiger partial charge is 0.166 e. The SMILES string of the molecule is CCC(=O)c1ccccc1OCc1cc(C(C)=O)c(O)cc1C. The highest BCUT2D eigenvalue weighted by molar-refractivity contribution is 5.98. The zero-order chi connectivity index (χ0) is 17.0. The highest BCUT2D eigenvalue weighted by Crippen LogP contribution is 2.25. The largest absolute Gasteiger partial charge is 0.507 e. The summed E-state index contributed by atoms with van der Waals surface area (Å²) >= 11 is 0. The van der Waals surface area contributed by atoms with Crippen molar-refractivity contribution < 1.29 is 19.4 Å². The Balaban J connectivity index is 2.27. The molecule has 0 aliphatic heterocycles. The summed E-state index contributed by atoms with van der Waals surface area (Å²) < 4.78 is 5.79. The number of carbonyl (C=O) groups excluding carboxylic acids is 2. The van der Waals surface area contributed by atoms with Crippen LogP contribution in [-0.4, -0.2) is 16.7 Å². The van der Waals surface area contributed by atoms with Crippen LogP contribution in [0.25, 0.3) is 0 Å². The Morgan fingerprint density at radius 1 is 1.13 bits per heavy atom. The molecule has 23 heavy (non-hydrogen) atoms. The topological polar surface area (TPSA) is 63.6 Å². The molecule has 0 unspecified atom stereocenters. The third-order valence-electron chi connectivity index (χ3n) is 3.73. The highest BCUT2D eigenvalue weighted by atomic mass is 16.5. The van der Waals surface area contributed by atoms with Crippen molar-refractivity contribution in [2.45, 2.75) is 33.8 Å². The van der Waals surface area contributed by atoms with E-state index in [0.717, 1.165) is 11.1 Å². The molecule has 0 fully saturated rings. The van der Waals surface area contributed by atoms with E-state index >= 15 is 0 Å². The molecule has 0 radical (unpaired) electrons. The molecular weight excluding hydrogens is 292 g/mol. The van der Waals surface area contributed by atoms with Crippen molar-refractivity contribution in [2.75, 3.05) is 0 Å². The standard InChI is InChI=1S/C19H20O4/c1-4-17(21)15-7-5-6-8-19(15)23-11-14-10-16(13(3)20)18(22)9-12(14)2/h5-10,22H,4,11H2,1-3H3. The van der Waals surface area contributed by atoms with Gasteiger partial charge in [-0.3, -0.25) is 9.59 Å². The van der Waals surface area contributed by atoms with Gasteiger partial charge in [-0.1, -0.05) is 19.1 Å². The van der Waals surface area contributed by atoms with Gasteiger partial charge in [-0.25, -0.2) is 0 Å². The molecule has 0 saturated heterocycles. The summed E-state index contributed by atoms with van der Waals surface area (Å²) in [5, 5.41) is 9.81. The van der Waals surface area contributed by atoms with Crippen LogP contribution in [-0.2, 0) is 6.61 Å². The van der Waals surface area contributed by atoms with Gasteiger partial charge in [-0.15, -0.1) is 0 Å². The minimum absolute atomic E-state index is 0.0208. The fraction of sp³-hybridized carbons (Fsp3) is 0.263. The van der Waals surface area contributed by atoms with Crippen LogP contribution in [0.15, 0.2) is 36.4 Å². The zero-order valence-corrected chi connectivity index (χ0v) is 13.6. The molecule has 1 N–H and O–H groups in total. The van der Waals surface area contributed by atoms with Gasteiger partial charge in [0.25, 0.3) is 0 Å². The summed E-state index contributed by atoms with van der Waals surface area (Å²) in [5.74, 6) is 0.314. The Bertz CT molecular complexity index is 747. The normalized spacial score (nSPS) is 10.4. The first-order valence-electron chi connectivity index (χ1n) is 7.52. The molecule has 0 aliphatic carbocycles. The summed E-state index contributed by atoms with van der Waals surface area (Å²) in [6, 6.07) is 10.3. The molecule has 2 aromatic carbocycles. The fourth-order valence-corrected chi connectivity index (χ4v) is 2.34. The van der Waals surface area contributed by atoms with Crippen molar-refractivity contribution in [2.24, 2.45) is 0 Å². The Morgan fingerprint density at radius 2 is 1.83 bits per heavy atom. The van der Waals surface area contributed by atoms with Crippen LogP contribution in [0.5, 0.6) is 11.5 Å². The molecule has 120 valence electrons. The zero-order valence-electron chi connectivity index (χ0n) is 13.6. The van der Waals surface area contributed by atoms with Crippen molar-refractivity contribution in [1.82, 2.24) is 0 Å². The van der Waals surface area contributed by atoms with E-state index in [0.29, 0.717) is 17.7 Å². The lowest BCUT2D eigenvalue weighted by Crippen LogP contribution is -2.05. The maximum atomic E-state index is 11.9. The number of phenolic OH excluding ortho intramolecular Hbond substituents is 1. The van der Waals surface area contributed by atoms with Gasteiger partial charge in [0.2, 0.25) is 0 Å². The maximum absolute atomic E-state index is 11.9. The van der Waals surface area contributed by atoms with E-state index in [4.69, 9.17) is 4.74 Å². The Hall–Kier alpha value is -2.62. The summed E-state index contributed by atoms with van der Waals surface area (Å²) in [4.78, 5) is 23.5. The second kappa shape index (κ2) is 7.09. The molecule has 0 amide bonds. The number of carbonyl (C=O) groups is 2. The number of Topliss-reactive ketones (excluding diaryl/α,β-unsaturated/α-hetero) is 2. The monoisotopic (exact) mass is 312 g/mol. The van der Waals surface area contributed by atoms with E-state index in [-0.39, 0.29) is 29.5 Å². The number of aryl methyl sites for hydroxylation is 1. The van der Waals surface area contributed by atoms with Gasteiger partial charge < -0.3 is 9.84 Å². The lowest BCUT2D eigenvalue weighted by atomic mass is 10.0. The summed E-state index contributed by atoms with van der Waals surface area (Å²) in [5.41, 5.74) is 2.45. The third-order valence-corrected chi connectivity index (χ3v) is 3.73.